The highest BCUT2D eigenvalue weighted by atomic mass is 16.5. The summed E-state index contributed by atoms with van der Waals surface area (Å²) in [6.45, 7) is 7.44. The Morgan fingerprint density at radius 1 is 1.06 bits per heavy atom. The van der Waals surface area contributed by atoms with Crippen molar-refractivity contribution in [3.05, 3.63) is 29.8 Å². The molecule has 0 aliphatic carbocycles. The summed E-state index contributed by atoms with van der Waals surface area (Å²) in [6.07, 6.45) is 3.46. The molecular formula is C16H27NO. The average Bonchev–Trinajstić information content (AvgIpc) is 2.43. The van der Waals surface area contributed by atoms with Crippen molar-refractivity contribution in [2.75, 3.05) is 13.7 Å². The van der Waals surface area contributed by atoms with Gasteiger partial charge in [0, 0.05) is 6.04 Å². The van der Waals surface area contributed by atoms with Crippen molar-refractivity contribution >= 4 is 0 Å². The fourth-order valence-electron chi connectivity index (χ4n) is 2.43. The van der Waals surface area contributed by atoms with Crippen LogP contribution in [-0.4, -0.2) is 13.7 Å². The van der Waals surface area contributed by atoms with Crippen molar-refractivity contribution in [2.45, 2.75) is 46.1 Å². The Morgan fingerprint density at radius 2 is 1.67 bits per heavy atom. The van der Waals surface area contributed by atoms with Crippen molar-refractivity contribution < 1.29 is 4.74 Å². The van der Waals surface area contributed by atoms with Crippen LogP contribution in [0.5, 0.6) is 5.75 Å². The Balaban J connectivity index is 2.74. The fourth-order valence-corrected chi connectivity index (χ4v) is 2.43. The fraction of sp³-hybridized carbons (Fsp3) is 0.625. The number of rotatable bonds is 8. The van der Waals surface area contributed by atoms with Crippen LogP contribution in [0.25, 0.3) is 0 Å². The molecule has 0 aliphatic rings. The molecule has 0 saturated heterocycles. The van der Waals surface area contributed by atoms with Crippen molar-refractivity contribution in [3.63, 3.8) is 0 Å². The second kappa shape index (κ2) is 8.15. The molecule has 0 saturated carbocycles. The number of hydrogen-bond acceptors (Lipinski definition) is 2. The number of hydrogen-bond donors (Lipinski definition) is 1. The van der Waals surface area contributed by atoms with E-state index in [4.69, 9.17) is 4.74 Å². The molecule has 0 amide bonds. The van der Waals surface area contributed by atoms with Crippen LogP contribution in [0.15, 0.2) is 24.3 Å². The quantitative estimate of drug-likeness (QED) is 0.746. The van der Waals surface area contributed by atoms with Gasteiger partial charge >= 0.3 is 0 Å². The summed E-state index contributed by atoms with van der Waals surface area (Å²) < 4.78 is 5.62. The maximum absolute atomic E-state index is 5.62. The molecule has 0 heterocycles. The van der Waals surface area contributed by atoms with E-state index in [9.17, 15) is 0 Å². The van der Waals surface area contributed by atoms with Crippen molar-refractivity contribution in [1.29, 1.82) is 0 Å². The van der Waals surface area contributed by atoms with E-state index >= 15 is 0 Å². The molecule has 18 heavy (non-hydrogen) atoms. The standard InChI is InChI=1S/C16H27NO/c1-5-12-18-15-10-8-14(9-11-15)16(17-4)13(6-2)7-3/h8-11,13,16-17H,5-7,12H2,1-4H3. The second-order valence-electron chi connectivity index (χ2n) is 4.76. The van der Waals surface area contributed by atoms with Gasteiger partial charge in [0.15, 0.2) is 0 Å². The van der Waals surface area contributed by atoms with Gasteiger partial charge in [0.25, 0.3) is 0 Å². The Hall–Kier alpha value is -1.02. The number of benzene rings is 1. The van der Waals surface area contributed by atoms with Crippen LogP contribution >= 0.6 is 0 Å². The van der Waals surface area contributed by atoms with Gasteiger partial charge in [-0.2, -0.15) is 0 Å². The van der Waals surface area contributed by atoms with Crippen LogP contribution in [0.3, 0.4) is 0 Å². The molecule has 0 fully saturated rings. The van der Waals surface area contributed by atoms with E-state index in [1.807, 2.05) is 7.05 Å². The normalized spacial score (nSPS) is 12.7. The van der Waals surface area contributed by atoms with Gasteiger partial charge in [-0.05, 0) is 37.1 Å². The van der Waals surface area contributed by atoms with Crippen molar-refractivity contribution in [2.24, 2.45) is 5.92 Å². The Kier molecular flexibility index (Phi) is 6.81. The SMILES string of the molecule is CCCOc1ccc(C(NC)C(CC)CC)cc1. The predicted octanol–water partition coefficient (Wildman–Crippen LogP) is 4.17. The smallest absolute Gasteiger partial charge is 0.119 e. The molecule has 0 spiro atoms. The lowest BCUT2D eigenvalue weighted by Crippen LogP contribution is -2.24. The van der Waals surface area contributed by atoms with E-state index in [1.165, 1.54) is 18.4 Å². The molecule has 1 aromatic rings. The van der Waals surface area contributed by atoms with Crippen LogP contribution in [0.1, 0.15) is 51.6 Å². The molecule has 1 atom stereocenters. The minimum atomic E-state index is 0.445. The Labute approximate surface area is 112 Å². The zero-order valence-electron chi connectivity index (χ0n) is 12.2. The van der Waals surface area contributed by atoms with Gasteiger partial charge in [-0.1, -0.05) is 45.7 Å². The summed E-state index contributed by atoms with van der Waals surface area (Å²) in [7, 11) is 2.05. The lowest BCUT2D eigenvalue weighted by atomic mass is 9.89. The van der Waals surface area contributed by atoms with Crippen LogP contribution in [0.2, 0.25) is 0 Å². The predicted molar refractivity (Wildman–Crippen MR) is 78.1 cm³/mol. The van der Waals surface area contributed by atoms with E-state index in [0.717, 1.165) is 18.8 Å². The molecule has 102 valence electrons. The minimum absolute atomic E-state index is 0.445. The van der Waals surface area contributed by atoms with Gasteiger partial charge in [-0.25, -0.2) is 0 Å². The molecular weight excluding hydrogens is 222 g/mol. The van der Waals surface area contributed by atoms with Gasteiger partial charge in [0.1, 0.15) is 5.75 Å². The minimum Gasteiger partial charge on any atom is -0.494 e. The molecule has 1 N–H and O–H groups in total. The number of nitrogens with one attached hydrogen (secondary N) is 1. The maximum atomic E-state index is 5.62. The zero-order chi connectivity index (χ0) is 13.4. The second-order valence-corrected chi connectivity index (χ2v) is 4.76. The van der Waals surface area contributed by atoms with Gasteiger partial charge in [0.05, 0.1) is 6.61 Å². The van der Waals surface area contributed by atoms with E-state index in [-0.39, 0.29) is 0 Å². The molecule has 1 rings (SSSR count). The van der Waals surface area contributed by atoms with Crippen LogP contribution < -0.4 is 10.1 Å². The molecule has 0 bridgehead atoms. The maximum Gasteiger partial charge on any atom is 0.119 e. The van der Waals surface area contributed by atoms with Crippen molar-refractivity contribution in [3.8, 4) is 5.75 Å². The third kappa shape index (κ3) is 4.02. The molecule has 0 aliphatic heterocycles. The van der Waals surface area contributed by atoms with E-state index < -0.39 is 0 Å². The molecule has 0 aromatic heterocycles. The van der Waals surface area contributed by atoms with E-state index in [0.29, 0.717) is 12.0 Å². The Bertz CT molecular complexity index is 316. The van der Waals surface area contributed by atoms with Gasteiger partial charge in [0.2, 0.25) is 0 Å². The largest absolute Gasteiger partial charge is 0.494 e. The first-order valence-corrected chi connectivity index (χ1v) is 7.16. The van der Waals surface area contributed by atoms with Crippen LogP contribution in [0.4, 0.5) is 0 Å². The highest BCUT2D eigenvalue weighted by Gasteiger charge is 2.18. The molecule has 2 heteroatoms. The lowest BCUT2D eigenvalue weighted by Gasteiger charge is -2.25. The first-order chi connectivity index (χ1) is 8.76. The van der Waals surface area contributed by atoms with Crippen LogP contribution in [-0.2, 0) is 0 Å². The first-order valence-electron chi connectivity index (χ1n) is 7.16. The third-order valence-electron chi connectivity index (χ3n) is 3.54. The topological polar surface area (TPSA) is 21.3 Å². The van der Waals surface area contributed by atoms with Gasteiger partial charge < -0.3 is 10.1 Å². The summed E-state index contributed by atoms with van der Waals surface area (Å²) >= 11 is 0. The number of ether oxygens (including phenoxy) is 1. The third-order valence-corrected chi connectivity index (χ3v) is 3.54. The lowest BCUT2D eigenvalue weighted by molar-refractivity contribution is 0.316. The highest BCUT2D eigenvalue weighted by molar-refractivity contribution is 5.29. The average molecular weight is 249 g/mol. The first kappa shape index (κ1) is 15.0. The summed E-state index contributed by atoms with van der Waals surface area (Å²) in [6, 6.07) is 8.98. The molecule has 1 aromatic carbocycles. The molecule has 0 radical (unpaired) electrons. The highest BCUT2D eigenvalue weighted by Crippen LogP contribution is 2.28. The summed E-state index contributed by atoms with van der Waals surface area (Å²) in [5.41, 5.74) is 1.36. The zero-order valence-corrected chi connectivity index (χ0v) is 12.2. The molecule has 2 nitrogen and oxygen atoms in total. The van der Waals surface area contributed by atoms with Crippen LogP contribution in [0, 0.1) is 5.92 Å². The summed E-state index contributed by atoms with van der Waals surface area (Å²) in [5.74, 6) is 1.66. The van der Waals surface area contributed by atoms with Crippen molar-refractivity contribution in [1.82, 2.24) is 5.32 Å². The van der Waals surface area contributed by atoms with Gasteiger partial charge in [-0.15, -0.1) is 0 Å². The summed E-state index contributed by atoms with van der Waals surface area (Å²) in [4.78, 5) is 0. The van der Waals surface area contributed by atoms with E-state index in [2.05, 4.69) is 50.4 Å². The summed E-state index contributed by atoms with van der Waals surface area (Å²) in [5, 5.41) is 3.44. The van der Waals surface area contributed by atoms with Gasteiger partial charge in [-0.3, -0.25) is 0 Å². The Morgan fingerprint density at radius 3 is 2.11 bits per heavy atom. The molecule has 1 unspecified atom stereocenters. The monoisotopic (exact) mass is 249 g/mol. The van der Waals surface area contributed by atoms with E-state index in [1.54, 1.807) is 0 Å².